The highest BCUT2D eigenvalue weighted by Crippen LogP contribution is 2.18. The van der Waals surface area contributed by atoms with Crippen LogP contribution in [0, 0.1) is 0 Å². The zero-order valence-corrected chi connectivity index (χ0v) is 8.42. The van der Waals surface area contributed by atoms with Gasteiger partial charge in [0.1, 0.15) is 18.1 Å². The van der Waals surface area contributed by atoms with Gasteiger partial charge in [-0.1, -0.05) is 0 Å². The van der Waals surface area contributed by atoms with Gasteiger partial charge in [-0.15, -0.1) is 0 Å². The lowest BCUT2D eigenvalue weighted by Crippen LogP contribution is -1.92. The van der Waals surface area contributed by atoms with Crippen LogP contribution in [-0.4, -0.2) is 6.08 Å². The lowest BCUT2D eigenvalue weighted by atomic mass is 10.3. The Morgan fingerprint density at radius 1 is 1.25 bits per heavy atom. The predicted octanol–water partition coefficient (Wildman–Crippen LogP) is 2.83. The van der Waals surface area contributed by atoms with Gasteiger partial charge >= 0.3 is 0 Å². The molecule has 0 aliphatic heterocycles. The van der Waals surface area contributed by atoms with Gasteiger partial charge in [0.25, 0.3) is 0 Å². The summed E-state index contributed by atoms with van der Waals surface area (Å²) in [6, 6.07) is 10.5. The molecule has 0 amide bonds. The third-order valence-electron chi connectivity index (χ3n) is 1.97. The summed E-state index contributed by atoms with van der Waals surface area (Å²) < 4.78 is 10.6. The number of hydrogen-bond acceptors (Lipinski definition) is 4. The fourth-order valence-corrected chi connectivity index (χ4v) is 1.22. The molecule has 4 heteroatoms. The maximum absolute atomic E-state index is 10.0. The molecular weight excluding hydrogens is 206 g/mol. The van der Waals surface area contributed by atoms with Crippen molar-refractivity contribution in [3.05, 3.63) is 48.4 Å². The molecule has 0 N–H and O–H groups in total. The Morgan fingerprint density at radius 2 is 2.06 bits per heavy atom. The first kappa shape index (κ1) is 10.2. The summed E-state index contributed by atoms with van der Waals surface area (Å²) in [7, 11) is 0. The molecule has 80 valence electrons. The lowest BCUT2D eigenvalue weighted by Gasteiger charge is -2.03. The van der Waals surface area contributed by atoms with E-state index in [1.165, 1.54) is 6.08 Å². The highest BCUT2D eigenvalue weighted by molar-refractivity contribution is 5.49. The van der Waals surface area contributed by atoms with E-state index in [0.29, 0.717) is 18.0 Å². The fourth-order valence-electron chi connectivity index (χ4n) is 1.22. The Balaban J connectivity index is 1.97. The molecule has 2 rings (SSSR count). The van der Waals surface area contributed by atoms with Crippen LogP contribution in [-0.2, 0) is 11.4 Å². The van der Waals surface area contributed by atoms with Crippen molar-refractivity contribution >= 4 is 11.8 Å². The number of aliphatic imine (C=N–C) groups is 1. The second-order valence-electron chi connectivity index (χ2n) is 3.07. The van der Waals surface area contributed by atoms with E-state index in [2.05, 4.69) is 4.99 Å². The van der Waals surface area contributed by atoms with Crippen LogP contribution in [0.5, 0.6) is 5.75 Å². The van der Waals surface area contributed by atoms with E-state index in [0.717, 1.165) is 5.76 Å². The van der Waals surface area contributed by atoms with Crippen molar-refractivity contribution in [3.8, 4) is 5.75 Å². The van der Waals surface area contributed by atoms with Crippen molar-refractivity contribution in [2.24, 2.45) is 4.99 Å². The molecule has 0 unspecified atom stereocenters. The van der Waals surface area contributed by atoms with E-state index in [1.807, 2.05) is 6.07 Å². The van der Waals surface area contributed by atoms with E-state index in [4.69, 9.17) is 9.15 Å². The second kappa shape index (κ2) is 4.96. The van der Waals surface area contributed by atoms with E-state index < -0.39 is 0 Å². The molecule has 0 aliphatic rings. The Morgan fingerprint density at radius 3 is 2.69 bits per heavy atom. The zero-order valence-electron chi connectivity index (χ0n) is 8.42. The first-order valence-electron chi connectivity index (χ1n) is 4.71. The van der Waals surface area contributed by atoms with Crippen molar-refractivity contribution in [2.75, 3.05) is 0 Å². The van der Waals surface area contributed by atoms with Gasteiger partial charge in [-0.2, -0.15) is 4.99 Å². The van der Waals surface area contributed by atoms with Crippen molar-refractivity contribution in [1.82, 2.24) is 0 Å². The van der Waals surface area contributed by atoms with Crippen molar-refractivity contribution in [3.63, 3.8) is 0 Å². The Hall–Kier alpha value is -2.32. The first-order valence-corrected chi connectivity index (χ1v) is 4.71. The number of isocyanates is 1. The van der Waals surface area contributed by atoms with Crippen LogP contribution in [0.4, 0.5) is 5.69 Å². The minimum absolute atomic E-state index is 0.378. The van der Waals surface area contributed by atoms with Gasteiger partial charge in [0.05, 0.1) is 12.0 Å². The molecule has 0 fully saturated rings. The van der Waals surface area contributed by atoms with Gasteiger partial charge in [-0.05, 0) is 36.4 Å². The van der Waals surface area contributed by atoms with Gasteiger partial charge in [0, 0.05) is 0 Å². The normalized spacial score (nSPS) is 9.50. The van der Waals surface area contributed by atoms with E-state index in [-0.39, 0.29) is 0 Å². The number of furan rings is 1. The van der Waals surface area contributed by atoms with E-state index in [1.54, 1.807) is 36.6 Å². The molecule has 1 aromatic carbocycles. The zero-order chi connectivity index (χ0) is 11.2. The maximum atomic E-state index is 10.0. The Bertz CT molecular complexity index is 481. The monoisotopic (exact) mass is 215 g/mol. The molecule has 0 spiro atoms. The highest BCUT2D eigenvalue weighted by atomic mass is 16.5. The average molecular weight is 215 g/mol. The largest absolute Gasteiger partial charge is 0.486 e. The summed E-state index contributed by atoms with van der Waals surface area (Å²) in [6.07, 6.45) is 3.07. The highest BCUT2D eigenvalue weighted by Gasteiger charge is 1.97. The van der Waals surface area contributed by atoms with Crippen LogP contribution < -0.4 is 4.74 Å². The number of carbonyl (C=O) groups excluding carboxylic acids is 1. The van der Waals surface area contributed by atoms with Gasteiger partial charge < -0.3 is 9.15 Å². The summed E-state index contributed by atoms with van der Waals surface area (Å²) in [4.78, 5) is 13.5. The summed E-state index contributed by atoms with van der Waals surface area (Å²) in [6.45, 7) is 0.378. The summed E-state index contributed by atoms with van der Waals surface area (Å²) in [5, 5.41) is 0. The molecule has 4 nitrogen and oxygen atoms in total. The Labute approximate surface area is 92.2 Å². The number of nitrogens with zero attached hydrogens (tertiary/aromatic N) is 1. The third-order valence-corrected chi connectivity index (χ3v) is 1.97. The minimum atomic E-state index is 0.378. The molecule has 0 aliphatic carbocycles. The number of ether oxygens (including phenoxy) is 1. The molecule has 1 heterocycles. The molecule has 2 aromatic rings. The molecular formula is C12H9NO3. The number of benzene rings is 1. The first-order chi connectivity index (χ1) is 7.88. The fraction of sp³-hybridized carbons (Fsp3) is 0.0833. The predicted molar refractivity (Wildman–Crippen MR) is 57.3 cm³/mol. The van der Waals surface area contributed by atoms with Gasteiger partial charge in [-0.25, -0.2) is 4.79 Å². The van der Waals surface area contributed by atoms with E-state index in [9.17, 15) is 4.79 Å². The smallest absolute Gasteiger partial charge is 0.240 e. The standard InChI is InChI=1S/C12H9NO3/c14-9-13-10-3-5-11(6-4-10)16-8-12-2-1-7-15-12/h1-7H,8H2. The molecule has 0 bridgehead atoms. The summed E-state index contributed by atoms with van der Waals surface area (Å²) in [5.41, 5.74) is 0.556. The summed E-state index contributed by atoms with van der Waals surface area (Å²) >= 11 is 0. The van der Waals surface area contributed by atoms with Crippen molar-refractivity contribution < 1.29 is 13.9 Å². The third kappa shape index (κ3) is 2.59. The Kier molecular flexibility index (Phi) is 3.16. The van der Waals surface area contributed by atoms with Crippen molar-refractivity contribution in [2.45, 2.75) is 6.61 Å². The van der Waals surface area contributed by atoms with Crippen LogP contribution in [0.3, 0.4) is 0 Å². The molecule has 16 heavy (non-hydrogen) atoms. The molecule has 0 atom stereocenters. The maximum Gasteiger partial charge on any atom is 0.240 e. The molecule has 0 saturated heterocycles. The van der Waals surface area contributed by atoms with Crippen LogP contribution in [0.15, 0.2) is 52.1 Å². The van der Waals surface area contributed by atoms with E-state index >= 15 is 0 Å². The van der Waals surface area contributed by atoms with Gasteiger partial charge in [0.15, 0.2) is 0 Å². The SMILES string of the molecule is O=C=Nc1ccc(OCc2ccco2)cc1. The number of rotatable bonds is 4. The molecule has 1 aromatic heterocycles. The van der Waals surface area contributed by atoms with Crippen LogP contribution >= 0.6 is 0 Å². The summed E-state index contributed by atoms with van der Waals surface area (Å²) in [5.74, 6) is 1.45. The van der Waals surface area contributed by atoms with Gasteiger partial charge in [-0.3, -0.25) is 0 Å². The quantitative estimate of drug-likeness (QED) is 0.582. The average Bonchev–Trinajstić information content (AvgIpc) is 2.82. The topological polar surface area (TPSA) is 51.8 Å². The van der Waals surface area contributed by atoms with Crippen molar-refractivity contribution in [1.29, 1.82) is 0 Å². The second-order valence-corrected chi connectivity index (χ2v) is 3.07. The van der Waals surface area contributed by atoms with Gasteiger partial charge in [0.2, 0.25) is 6.08 Å². The van der Waals surface area contributed by atoms with Crippen LogP contribution in [0.1, 0.15) is 5.76 Å². The lowest BCUT2D eigenvalue weighted by molar-refractivity contribution is 0.270. The van der Waals surface area contributed by atoms with Crippen LogP contribution in [0.25, 0.3) is 0 Å². The number of hydrogen-bond donors (Lipinski definition) is 0. The molecule has 0 saturated carbocycles. The molecule has 0 radical (unpaired) electrons. The minimum Gasteiger partial charge on any atom is -0.486 e. The van der Waals surface area contributed by atoms with Crippen LogP contribution in [0.2, 0.25) is 0 Å².